The first-order valence-corrected chi connectivity index (χ1v) is 9.59. The number of carbonyl (C=O) groups excluding carboxylic acids is 1. The molecule has 0 aliphatic rings. The van der Waals surface area contributed by atoms with E-state index in [9.17, 15) is 4.79 Å². The number of ether oxygens (including phenoxy) is 1. The summed E-state index contributed by atoms with van der Waals surface area (Å²) in [4.78, 5) is 19.1. The predicted molar refractivity (Wildman–Crippen MR) is 121 cm³/mol. The molecule has 0 unspecified atom stereocenters. The first-order chi connectivity index (χ1) is 11.9. The molecule has 0 atom stereocenters. The first-order valence-electron chi connectivity index (χ1n) is 8.71. The van der Waals surface area contributed by atoms with E-state index in [1.165, 1.54) is 4.88 Å². The third-order valence-corrected chi connectivity index (χ3v) is 4.96. The van der Waals surface area contributed by atoms with Gasteiger partial charge >= 0.3 is 0 Å². The summed E-state index contributed by atoms with van der Waals surface area (Å²) in [6, 6.07) is 4.22. The first kappa shape index (κ1) is 25.1. The molecule has 8 heteroatoms. The van der Waals surface area contributed by atoms with Crippen molar-refractivity contribution >= 4 is 47.2 Å². The zero-order valence-corrected chi connectivity index (χ0v) is 19.6. The van der Waals surface area contributed by atoms with Crippen LogP contribution in [-0.2, 0) is 14.9 Å². The maximum atomic E-state index is 11.8. The molecule has 2 N–H and O–H groups in total. The Labute approximate surface area is 178 Å². The van der Waals surface area contributed by atoms with Gasteiger partial charge in [-0.05, 0) is 24.8 Å². The summed E-state index contributed by atoms with van der Waals surface area (Å²) in [5.74, 6) is 0.643. The number of nitrogens with one attached hydrogen (secondary N) is 2. The van der Waals surface area contributed by atoms with Gasteiger partial charge in [-0.3, -0.25) is 4.79 Å². The Hall–Kier alpha value is -0.870. The van der Waals surface area contributed by atoms with E-state index in [0.717, 1.165) is 26.1 Å². The Morgan fingerprint density at radius 3 is 2.65 bits per heavy atom. The third kappa shape index (κ3) is 9.72. The van der Waals surface area contributed by atoms with Gasteiger partial charge in [0.1, 0.15) is 6.54 Å². The molecule has 6 nitrogen and oxygen atoms in total. The van der Waals surface area contributed by atoms with Crippen molar-refractivity contribution in [3.05, 3.63) is 22.4 Å². The second-order valence-electron chi connectivity index (χ2n) is 6.64. The van der Waals surface area contributed by atoms with Gasteiger partial charge in [0.15, 0.2) is 5.96 Å². The number of hydrogen-bond acceptors (Lipinski definition) is 4. The van der Waals surface area contributed by atoms with Crippen molar-refractivity contribution in [1.29, 1.82) is 0 Å². The van der Waals surface area contributed by atoms with Crippen molar-refractivity contribution in [1.82, 2.24) is 15.5 Å². The second kappa shape index (κ2) is 13.3. The molecule has 0 aliphatic heterocycles. The van der Waals surface area contributed by atoms with Crippen molar-refractivity contribution in [2.45, 2.75) is 32.6 Å². The fraction of sp³-hybridized carbons (Fsp3) is 0.667. The van der Waals surface area contributed by atoms with Crippen LogP contribution >= 0.6 is 35.3 Å². The van der Waals surface area contributed by atoms with Crippen molar-refractivity contribution in [3.8, 4) is 0 Å². The Morgan fingerprint density at radius 1 is 1.35 bits per heavy atom. The molecule has 1 heterocycles. The van der Waals surface area contributed by atoms with Crippen LogP contribution in [0.3, 0.4) is 0 Å². The molecule has 26 heavy (non-hydrogen) atoms. The second-order valence-corrected chi connectivity index (χ2v) is 7.59. The summed E-state index contributed by atoms with van der Waals surface area (Å²) < 4.78 is 5.35. The quantitative estimate of drug-likeness (QED) is 0.226. The van der Waals surface area contributed by atoms with Crippen LogP contribution in [-0.4, -0.2) is 63.7 Å². The highest BCUT2D eigenvalue weighted by molar-refractivity contribution is 14.0. The Kier molecular flexibility index (Phi) is 12.9. The average Bonchev–Trinajstić information content (AvgIpc) is 3.11. The van der Waals surface area contributed by atoms with E-state index in [2.05, 4.69) is 47.0 Å². The van der Waals surface area contributed by atoms with E-state index in [1.807, 2.05) is 6.92 Å². The predicted octanol–water partition coefficient (Wildman–Crippen LogP) is 2.69. The van der Waals surface area contributed by atoms with Crippen LogP contribution in [0.4, 0.5) is 0 Å². The standard InChI is InChI=1S/C18H32N4O2S.HI/c1-6-24-11-8-10-19-17(20-13-16(23)22(4)5)21-14-18(2,3)15-9-7-12-25-15;/h7,9,12H,6,8,10-11,13-14H2,1-5H3,(H2,19,20,21);1H. The van der Waals surface area contributed by atoms with Crippen LogP contribution in [0, 0.1) is 0 Å². The molecule has 0 saturated carbocycles. The van der Waals surface area contributed by atoms with Gasteiger partial charge in [-0.25, -0.2) is 4.99 Å². The smallest absolute Gasteiger partial charge is 0.243 e. The van der Waals surface area contributed by atoms with Gasteiger partial charge in [-0.1, -0.05) is 19.9 Å². The Balaban J connectivity index is 0.00000625. The molecule has 1 rings (SSSR count). The van der Waals surface area contributed by atoms with Crippen molar-refractivity contribution in [2.24, 2.45) is 4.99 Å². The Morgan fingerprint density at radius 2 is 2.08 bits per heavy atom. The van der Waals surface area contributed by atoms with E-state index in [0.29, 0.717) is 12.6 Å². The van der Waals surface area contributed by atoms with Gasteiger partial charge in [-0.2, -0.15) is 0 Å². The number of guanidine groups is 1. The SMILES string of the molecule is CCOCCCNC(=NCC(=O)N(C)C)NCC(C)(C)c1cccs1.I. The average molecular weight is 496 g/mol. The molecule has 0 aliphatic carbocycles. The molecule has 150 valence electrons. The summed E-state index contributed by atoms with van der Waals surface area (Å²) in [7, 11) is 3.47. The van der Waals surface area contributed by atoms with E-state index in [1.54, 1.807) is 30.3 Å². The van der Waals surface area contributed by atoms with Gasteiger partial charge in [0.05, 0.1) is 0 Å². The number of hydrogen-bond donors (Lipinski definition) is 2. The normalized spacial score (nSPS) is 11.7. The number of likely N-dealkylation sites (N-methyl/N-ethyl adjacent to an activating group) is 1. The number of aliphatic imine (C=N–C) groups is 1. The lowest BCUT2D eigenvalue weighted by molar-refractivity contribution is -0.127. The molecule has 0 bridgehead atoms. The molecular weight excluding hydrogens is 463 g/mol. The van der Waals surface area contributed by atoms with Crippen molar-refractivity contribution < 1.29 is 9.53 Å². The maximum Gasteiger partial charge on any atom is 0.243 e. The zero-order chi connectivity index (χ0) is 18.7. The largest absolute Gasteiger partial charge is 0.382 e. The van der Waals surface area contributed by atoms with Gasteiger partial charge in [0, 0.05) is 50.7 Å². The molecule has 0 spiro atoms. The Bertz CT molecular complexity index is 533. The maximum absolute atomic E-state index is 11.8. The zero-order valence-electron chi connectivity index (χ0n) is 16.5. The lowest BCUT2D eigenvalue weighted by Crippen LogP contribution is -2.44. The number of halogens is 1. The summed E-state index contributed by atoms with van der Waals surface area (Å²) >= 11 is 1.75. The number of carbonyl (C=O) groups is 1. The van der Waals surface area contributed by atoms with Gasteiger partial charge < -0.3 is 20.3 Å². The van der Waals surface area contributed by atoms with Crippen LogP contribution in [0.1, 0.15) is 32.1 Å². The summed E-state index contributed by atoms with van der Waals surface area (Å²) in [6.45, 7) is 9.45. The molecule has 0 radical (unpaired) electrons. The van der Waals surface area contributed by atoms with E-state index >= 15 is 0 Å². The third-order valence-electron chi connectivity index (χ3n) is 3.72. The van der Waals surface area contributed by atoms with E-state index < -0.39 is 0 Å². The highest BCUT2D eigenvalue weighted by Gasteiger charge is 2.22. The van der Waals surface area contributed by atoms with Crippen LogP contribution in [0.25, 0.3) is 0 Å². The number of rotatable bonds is 10. The molecule has 1 aromatic heterocycles. The number of nitrogens with zero attached hydrogens (tertiary/aromatic N) is 2. The van der Waals surface area contributed by atoms with Crippen LogP contribution in [0.5, 0.6) is 0 Å². The fourth-order valence-electron chi connectivity index (χ4n) is 2.04. The topological polar surface area (TPSA) is 66.0 Å². The molecule has 1 aromatic rings. The van der Waals surface area contributed by atoms with E-state index in [-0.39, 0.29) is 41.8 Å². The minimum Gasteiger partial charge on any atom is -0.382 e. The molecular formula is C18H33IN4O2S. The minimum absolute atomic E-state index is 0. The van der Waals surface area contributed by atoms with Gasteiger partial charge in [-0.15, -0.1) is 35.3 Å². The van der Waals surface area contributed by atoms with Crippen LogP contribution < -0.4 is 10.6 Å². The van der Waals surface area contributed by atoms with Crippen LogP contribution in [0.2, 0.25) is 0 Å². The highest BCUT2D eigenvalue weighted by atomic mass is 127. The van der Waals surface area contributed by atoms with Gasteiger partial charge in [0.2, 0.25) is 5.91 Å². The van der Waals surface area contributed by atoms with Crippen molar-refractivity contribution in [3.63, 3.8) is 0 Å². The molecule has 1 amide bonds. The minimum atomic E-state index is -0.0204. The monoisotopic (exact) mass is 496 g/mol. The summed E-state index contributed by atoms with van der Waals surface area (Å²) in [6.07, 6.45) is 0.893. The fourth-order valence-corrected chi connectivity index (χ4v) is 2.90. The number of thiophene rings is 1. The number of amides is 1. The van der Waals surface area contributed by atoms with Crippen LogP contribution in [0.15, 0.2) is 22.5 Å². The van der Waals surface area contributed by atoms with E-state index in [4.69, 9.17) is 4.74 Å². The highest BCUT2D eigenvalue weighted by Crippen LogP contribution is 2.26. The molecule has 0 aromatic carbocycles. The molecule has 0 saturated heterocycles. The lowest BCUT2D eigenvalue weighted by atomic mass is 9.91. The lowest BCUT2D eigenvalue weighted by Gasteiger charge is -2.25. The van der Waals surface area contributed by atoms with Gasteiger partial charge in [0.25, 0.3) is 0 Å². The summed E-state index contributed by atoms with van der Waals surface area (Å²) in [5.41, 5.74) is -0.00645. The van der Waals surface area contributed by atoms with Crippen molar-refractivity contribution in [2.75, 3.05) is 46.9 Å². The molecule has 0 fully saturated rings. The summed E-state index contributed by atoms with van der Waals surface area (Å²) in [5, 5.41) is 8.74.